The summed E-state index contributed by atoms with van der Waals surface area (Å²) in [5.74, 6) is 0.977. The van der Waals surface area contributed by atoms with Crippen molar-refractivity contribution in [3.05, 3.63) is 63.7 Å². The Morgan fingerprint density at radius 3 is 2.61 bits per heavy atom. The summed E-state index contributed by atoms with van der Waals surface area (Å²) in [5.41, 5.74) is 5.49. The van der Waals surface area contributed by atoms with Crippen LogP contribution in [0.2, 0.25) is 5.02 Å². The molecule has 4 heteroatoms. The lowest BCUT2D eigenvalue weighted by Gasteiger charge is -2.49. The first kappa shape index (κ1) is 17.1. The second kappa shape index (κ2) is 6.26. The van der Waals surface area contributed by atoms with Gasteiger partial charge < -0.3 is 33.2 Å². The molecule has 2 heterocycles. The van der Waals surface area contributed by atoms with E-state index in [9.17, 15) is 0 Å². The van der Waals surface area contributed by atoms with Crippen LogP contribution in [0.15, 0.2) is 36.4 Å². The summed E-state index contributed by atoms with van der Waals surface area (Å²) in [6.07, 6.45) is 2.18. The van der Waals surface area contributed by atoms with Crippen molar-refractivity contribution < 1.29 is 33.2 Å². The minimum Gasteiger partial charge on any atom is -1.00 e. The summed E-state index contributed by atoms with van der Waals surface area (Å²) in [6.45, 7) is 2.32. The van der Waals surface area contributed by atoms with E-state index >= 15 is 0 Å². The van der Waals surface area contributed by atoms with Crippen molar-refractivity contribution >= 4 is 11.6 Å². The number of fused-ring (bicyclic) bond motifs is 5. The maximum absolute atomic E-state index is 6.51. The summed E-state index contributed by atoms with van der Waals surface area (Å²) in [5, 5.41) is 0.880. The van der Waals surface area contributed by atoms with Gasteiger partial charge in [0.25, 0.3) is 0 Å². The average Bonchev–Trinajstić information content (AvgIpc) is 2.54. The van der Waals surface area contributed by atoms with Crippen molar-refractivity contribution in [2.75, 3.05) is 27.2 Å². The second-order valence-electron chi connectivity index (χ2n) is 6.67. The maximum Gasteiger partial charge on any atom is 0.144 e. The molecule has 0 bridgehead atoms. The summed E-state index contributed by atoms with van der Waals surface area (Å²) in [4.78, 5) is 0. The quantitative estimate of drug-likeness (QED) is 0.474. The van der Waals surface area contributed by atoms with Gasteiger partial charge in [-0.15, -0.1) is 0 Å². The molecule has 122 valence electrons. The minimum absolute atomic E-state index is 0. The third kappa shape index (κ3) is 2.57. The van der Waals surface area contributed by atoms with Gasteiger partial charge in [-0.25, -0.2) is 0 Å². The fourth-order valence-corrected chi connectivity index (χ4v) is 4.55. The van der Waals surface area contributed by atoms with E-state index in [2.05, 4.69) is 31.3 Å². The van der Waals surface area contributed by atoms with E-state index in [0.29, 0.717) is 6.04 Å². The Kier molecular flexibility index (Phi) is 4.64. The number of nitrogens with zero attached hydrogens (tertiary/aromatic N) is 1. The first-order valence-electron chi connectivity index (χ1n) is 7.91. The van der Waals surface area contributed by atoms with Gasteiger partial charge in [0.05, 0.1) is 32.8 Å². The van der Waals surface area contributed by atoms with Crippen molar-refractivity contribution in [2.45, 2.75) is 18.9 Å². The number of ether oxygens (including phenoxy) is 1. The van der Waals surface area contributed by atoms with Crippen molar-refractivity contribution in [1.29, 1.82) is 0 Å². The van der Waals surface area contributed by atoms with Crippen molar-refractivity contribution in [1.82, 2.24) is 0 Å². The first-order chi connectivity index (χ1) is 10.6. The lowest BCUT2D eigenvalue weighted by molar-refractivity contribution is -0.937. The molecule has 0 spiro atoms. The average molecular weight is 442 g/mol. The van der Waals surface area contributed by atoms with Gasteiger partial charge >= 0.3 is 0 Å². The maximum atomic E-state index is 6.51. The molecule has 0 N–H and O–H groups in total. The van der Waals surface area contributed by atoms with Crippen LogP contribution < -0.4 is 28.7 Å². The van der Waals surface area contributed by atoms with Crippen molar-refractivity contribution in [3.8, 4) is 5.75 Å². The largest absolute Gasteiger partial charge is 1.00 e. The van der Waals surface area contributed by atoms with Gasteiger partial charge in [0.1, 0.15) is 11.8 Å². The normalized spacial score (nSPS) is 24.7. The van der Waals surface area contributed by atoms with Crippen LogP contribution >= 0.6 is 11.6 Å². The van der Waals surface area contributed by atoms with Gasteiger partial charge in [-0.1, -0.05) is 35.9 Å². The van der Waals surface area contributed by atoms with E-state index in [1.54, 1.807) is 7.11 Å². The van der Waals surface area contributed by atoms with Gasteiger partial charge in [0.15, 0.2) is 0 Å². The Balaban J connectivity index is 0.00000156. The highest BCUT2D eigenvalue weighted by molar-refractivity contribution is 6.31. The Morgan fingerprint density at radius 1 is 1.09 bits per heavy atom. The fraction of sp³-hybridized carbons (Fsp3) is 0.368. The van der Waals surface area contributed by atoms with Crippen LogP contribution in [0, 0.1) is 0 Å². The van der Waals surface area contributed by atoms with E-state index < -0.39 is 0 Å². The summed E-state index contributed by atoms with van der Waals surface area (Å²) in [6, 6.07) is 13.2. The summed E-state index contributed by atoms with van der Waals surface area (Å²) in [7, 11) is 4.14. The van der Waals surface area contributed by atoms with Gasteiger partial charge in [-0.05, 0) is 23.3 Å². The fourth-order valence-electron chi connectivity index (χ4n) is 4.29. The van der Waals surface area contributed by atoms with Crippen LogP contribution in [0.5, 0.6) is 5.75 Å². The summed E-state index contributed by atoms with van der Waals surface area (Å²) < 4.78 is 6.76. The number of hydrogen-bond donors (Lipinski definition) is 0. The molecule has 0 saturated heterocycles. The molecule has 2 aliphatic heterocycles. The predicted octanol–water partition coefficient (Wildman–Crippen LogP) is 1.00. The molecular weight excluding hydrogens is 421 g/mol. The molecule has 23 heavy (non-hydrogen) atoms. The van der Waals surface area contributed by atoms with Gasteiger partial charge in [0, 0.05) is 23.4 Å². The molecule has 0 fully saturated rings. The van der Waals surface area contributed by atoms with Crippen LogP contribution in [-0.2, 0) is 12.8 Å². The number of quaternary nitrogens is 1. The number of benzene rings is 2. The molecule has 0 saturated carbocycles. The Labute approximate surface area is 160 Å². The number of likely N-dealkylation sites (N-methyl/N-ethyl adjacent to an activating group) is 1. The smallest absolute Gasteiger partial charge is 0.144 e. The zero-order valence-electron chi connectivity index (χ0n) is 13.5. The van der Waals surface area contributed by atoms with Crippen molar-refractivity contribution in [3.63, 3.8) is 0 Å². The lowest BCUT2D eigenvalue weighted by Crippen LogP contribution is -3.00. The number of rotatable bonds is 1. The van der Waals surface area contributed by atoms with E-state index in [1.165, 1.54) is 28.8 Å². The van der Waals surface area contributed by atoms with Crippen LogP contribution in [0.25, 0.3) is 0 Å². The van der Waals surface area contributed by atoms with Crippen LogP contribution in [0.4, 0.5) is 0 Å². The van der Waals surface area contributed by atoms with Crippen molar-refractivity contribution in [2.24, 2.45) is 0 Å². The standard InChI is InChI=1S/C19H21ClNO.HI/c1-21-11-9-13-5-3-4-6-14(13)19(21)18-15(10-12-21)16(20)7-8-17(18)22-2;/h3-8,19H,9-12H2,1-2H3;1H/q+1;/p-1. The molecule has 0 radical (unpaired) electrons. The molecule has 2 aromatic carbocycles. The predicted molar refractivity (Wildman–Crippen MR) is 89.6 cm³/mol. The van der Waals surface area contributed by atoms with E-state index in [1.807, 2.05) is 12.1 Å². The molecule has 2 unspecified atom stereocenters. The topological polar surface area (TPSA) is 9.23 Å². The molecule has 0 aromatic heterocycles. The SMILES string of the molecule is COc1ccc(Cl)c2c1C1c3ccccc3CC[N+]1(C)CC2.[I-]. The van der Waals surface area contributed by atoms with E-state index in [-0.39, 0.29) is 24.0 Å². The monoisotopic (exact) mass is 441 g/mol. The highest BCUT2D eigenvalue weighted by Gasteiger charge is 2.45. The lowest BCUT2D eigenvalue weighted by atomic mass is 9.80. The third-order valence-electron chi connectivity index (χ3n) is 5.49. The zero-order chi connectivity index (χ0) is 15.3. The van der Waals surface area contributed by atoms with E-state index in [4.69, 9.17) is 16.3 Å². The minimum atomic E-state index is 0. The first-order valence-corrected chi connectivity index (χ1v) is 8.29. The zero-order valence-corrected chi connectivity index (χ0v) is 16.4. The number of halogens is 2. The molecule has 0 aliphatic carbocycles. The van der Waals surface area contributed by atoms with Crippen LogP contribution in [-0.4, -0.2) is 31.7 Å². The van der Waals surface area contributed by atoms with Crippen LogP contribution in [0.3, 0.4) is 0 Å². The highest BCUT2D eigenvalue weighted by atomic mass is 127. The molecular formula is C19H21ClINO. The Hall–Kier alpha value is -0.780. The molecule has 2 atom stereocenters. The van der Waals surface area contributed by atoms with E-state index in [0.717, 1.165) is 34.6 Å². The number of methoxy groups -OCH3 is 1. The molecule has 2 aromatic rings. The summed E-state index contributed by atoms with van der Waals surface area (Å²) >= 11 is 6.51. The molecule has 4 rings (SSSR count). The Bertz CT molecular complexity index is 748. The van der Waals surface area contributed by atoms with Crippen LogP contribution in [0.1, 0.15) is 28.3 Å². The van der Waals surface area contributed by atoms with Gasteiger partial charge in [0.2, 0.25) is 0 Å². The Morgan fingerprint density at radius 2 is 1.83 bits per heavy atom. The van der Waals surface area contributed by atoms with Gasteiger partial charge in [-0.2, -0.15) is 0 Å². The molecule has 0 amide bonds. The van der Waals surface area contributed by atoms with Gasteiger partial charge in [-0.3, -0.25) is 0 Å². The third-order valence-corrected chi connectivity index (χ3v) is 5.84. The second-order valence-corrected chi connectivity index (χ2v) is 7.08. The molecule has 2 aliphatic rings. The highest BCUT2D eigenvalue weighted by Crippen LogP contribution is 2.48. The number of hydrogen-bond acceptors (Lipinski definition) is 1. The molecule has 2 nitrogen and oxygen atoms in total.